The van der Waals surface area contributed by atoms with Crippen LogP contribution in [-0.4, -0.2) is 161 Å². The number of unbranched alkanes of at least 4 members (excludes halogenated alkanes) is 5. The fourth-order valence-electron chi connectivity index (χ4n) is 11.5. The Hall–Kier alpha value is -6.78. The molecule has 4 amide bonds. The third kappa shape index (κ3) is 18.1. The molecule has 5 aromatic rings. The van der Waals surface area contributed by atoms with E-state index in [0.29, 0.717) is 62.9 Å². The summed E-state index contributed by atoms with van der Waals surface area (Å²) in [5.74, 6) is -1.61. The molecule has 3 aliphatic heterocycles. The van der Waals surface area contributed by atoms with Crippen LogP contribution in [-0.2, 0) is 38.3 Å². The summed E-state index contributed by atoms with van der Waals surface area (Å²) in [7, 11) is 2.02. The predicted octanol–water partition coefficient (Wildman–Crippen LogP) is 8.55. The lowest BCUT2D eigenvalue weighted by atomic mass is 9.85. The number of hydrogen-bond donors (Lipinski definition) is 5. The van der Waals surface area contributed by atoms with Crippen molar-refractivity contribution in [2.75, 3.05) is 89.3 Å². The molecule has 85 heavy (non-hydrogen) atoms. The summed E-state index contributed by atoms with van der Waals surface area (Å²) in [6.45, 7) is 16.0. The van der Waals surface area contributed by atoms with E-state index in [1.54, 1.807) is 17.4 Å². The van der Waals surface area contributed by atoms with Crippen molar-refractivity contribution >= 4 is 52.1 Å². The molecule has 0 aliphatic carbocycles. The lowest BCUT2D eigenvalue weighted by Gasteiger charge is -2.35. The summed E-state index contributed by atoms with van der Waals surface area (Å²) in [6, 6.07) is 20.7. The van der Waals surface area contributed by atoms with Gasteiger partial charge >= 0.3 is 6.18 Å². The predicted molar refractivity (Wildman–Crippen MR) is 326 cm³/mol. The van der Waals surface area contributed by atoms with Crippen molar-refractivity contribution in [2.24, 2.45) is 5.41 Å². The Kier molecular flexibility index (Phi) is 22.3. The normalized spacial score (nSPS) is 17.7. The van der Waals surface area contributed by atoms with E-state index in [1.165, 1.54) is 4.90 Å². The second kappa shape index (κ2) is 29.5. The number of halogens is 3. The fraction of sp³-hybridized carbons (Fsp3) is 0.516. The van der Waals surface area contributed by atoms with Gasteiger partial charge in [0.1, 0.15) is 6.04 Å². The van der Waals surface area contributed by atoms with Gasteiger partial charge in [0.25, 0.3) is 5.91 Å². The number of anilines is 2. The van der Waals surface area contributed by atoms with Crippen LogP contribution in [0.5, 0.6) is 0 Å². The van der Waals surface area contributed by atoms with Crippen molar-refractivity contribution in [3.8, 4) is 21.6 Å². The van der Waals surface area contributed by atoms with Crippen LogP contribution in [0.4, 0.5) is 24.5 Å². The van der Waals surface area contributed by atoms with Crippen LogP contribution in [0.1, 0.15) is 118 Å². The molecule has 0 saturated carbocycles. The Morgan fingerprint density at radius 1 is 0.776 bits per heavy atom. The number of Topliss-reactive ketones (excluding diaryl/α,β-unsaturated/α-hetero) is 1. The van der Waals surface area contributed by atoms with Crippen molar-refractivity contribution in [2.45, 2.75) is 129 Å². The Morgan fingerprint density at radius 3 is 2.11 bits per heavy atom. The number of nitrogens with one attached hydrogen (secondary N) is 4. The summed E-state index contributed by atoms with van der Waals surface area (Å²) >= 11 is 1.59. The first-order valence-electron chi connectivity index (χ1n) is 29.9. The lowest BCUT2D eigenvalue weighted by molar-refractivity contribution is -0.143. The molecule has 0 spiro atoms. The summed E-state index contributed by atoms with van der Waals surface area (Å²) in [5.41, 5.74) is 5.17. The molecular weight excluding hydrogens is 1110 g/mol. The number of carbonyl (C=O) groups is 5. The van der Waals surface area contributed by atoms with Gasteiger partial charge in [0.2, 0.25) is 23.3 Å². The van der Waals surface area contributed by atoms with E-state index in [0.717, 1.165) is 123 Å². The van der Waals surface area contributed by atoms with Crippen molar-refractivity contribution < 1.29 is 42.3 Å². The number of thiazole rings is 1. The fourth-order valence-corrected chi connectivity index (χ4v) is 12.3. The van der Waals surface area contributed by atoms with Gasteiger partial charge < -0.3 is 40.7 Å². The summed E-state index contributed by atoms with van der Waals surface area (Å²) in [4.78, 5) is 97.2. The van der Waals surface area contributed by atoms with Gasteiger partial charge in [-0.2, -0.15) is 13.2 Å². The Morgan fingerprint density at radius 2 is 1.44 bits per heavy atom. The Bertz CT molecular complexity index is 3150. The maximum absolute atomic E-state index is 14.1. The number of H-pyrrole nitrogens is 1. The zero-order valence-electron chi connectivity index (χ0n) is 49.7. The number of aliphatic hydroxyl groups is 1. The van der Waals surface area contributed by atoms with Crippen molar-refractivity contribution in [3.63, 3.8) is 0 Å². The van der Waals surface area contributed by atoms with Gasteiger partial charge in [-0.25, -0.2) is 4.98 Å². The molecule has 3 aliphatic rings. The number of alkyl halides is 3. The van der Waals surface area contributed by atoms with Crippen molar-refractivity contribution in [1.82, 2.24) is 40.2 Å². The van der Waals surface area contributed by atoms with Crippen LogP contribution in [0.15, 0.2) is 89.3 Å². The molecule has 21 heteroatoms. The zero-order valence-corrected chi connectivity index (χ0v) is 50.5. The number of aryl methyl sites for hydroxylation is 2. The van der Waals surface area contributed by atoms with E-state index in [2.05, 4.69) is 57.7 Å². The smallest absolute Gasteiger partial charge is 0.391 e. The molecule has 3 fully saturated rings. The maximum atomic E-state index is 14.1. The number of hydrogen-bond acceptors (Lipinski definition) is 13. The molecule has 17 nitrogen and oxygen atoms in total. The number of piperazine rings is 2. The van der Waals surface area contributed by atoms with E-state index in [1.807, 2.05) is 88.8 Å². The highest BCUT2D eigenvalue weighted by Gasteiger charge is 2.44. The standard InChI is InChI=1S/C64H83F3N10O7S/c1-43-59(85-42-70-43)46-20-17-44(18-21-46)19-24-55(79)54-37-49(78)41-77(54)62(84)60(63(2,3)4)72-57(81)16-11-9-7-6-8-10-15-56(80)68-25-26-74-29-31-75(32-30-74)40-45-13-12-14-47(35-45)48-22-23-53(76-33-27-73(5)28-34-76)52(36-48)71-61(83)50-39-69-58(82)38-51(50)64(65,66)67/h12-14,17-18,20-23,35-36,38-39,42,49,54,60,78H,6-11,15-16,19,24-34,37,40-41H2,1-5H3,(H,68,80)(H,69,82)(H,71,83)(H,72,81)/t49-,54+,60-/m1/s1. The number of ketones is 1. The summed E-state index contributed by atoms with van der Waals surface area (Å²) in [5, 5.41) is 19.5. The van der Waals surface area contributed by atoms with Gasteiger partial charge in [0, 0.05) is 116 Å². The van der Waals surface area contributed by atoms with Crippen molar-refractivity contribution in [3.05, 3.63) is 123 Å². The first kappa shape index (κ1) is 64.2. The average molecular weight is 1190 g/mol. The van der Waals surface area contributed by atoms with Crippen LogP contribution in [0.2, 0.25) is 0 Å². The van der Waals surface area contributed by atoms with Crippen molar-refractivity contribution in [1.29, 1.82) is 0 Å². The highest BCUT2D eigenvalue weighted by molar-refractivity contribution is 7.13. The number of carbonyl (C=O) groups excluding carboxylic acids is 5. The minimum absolute atomic E-state index is 0.0363. The third-order valence-electron chi connectivity index (χ3n) is 16.5. The largest absolute Gasteiger partial charge is 0.417 e. The number of aromatic amines is 1. The van der Waals surface area contributed by atoms with Gasteiger partial charge in [0.15, 0.2) is 5.78 Å². The molecule has 5 N–H and O–H groups in total. The molecule has 0 unspecified atom stereocenters. The van der Waals surface area contributed by atoms with Gasteiger partial charge in [-0.1, -0.05) is 95.0 Å². The highest BCUT2D eigenvalue weighted by atomic mass is 32.1. The van der Waals surface area contributed by atoms with E-state index in [-0.39, 0.29) is 49.3 Å². The van der Waals surface area contributed by atoms with Crippen LogP contribution in [0.25, 0.3) is 21.6 Å². The quantitative estimate of drug-likeness (QED) is 0.0349. The van der Waals surface area contributed by atoms with Gasteiger partial charge in [-0.3, -0.25) is 38.6 Å². The topological polar surface area (TPSA) is 204 Å². The number of rotatable bonds is 25. The second-order valence-electron chi connectivity index (χ2n) is 24.1. The SMILES string of the molecule is Cc1ncsc1-c1ccc(CCC(=O)[C@@H]2C[C@@H](O)CN2C(=O)[C@@H](NC(=O)CCCCCCCCC(=O)NCCN2CCN(Cc3cccc(-c4ccc(N5CCN(C)CC5)c(NC(=O)c5c[nH]c(=O)cc5C(F)(F)F)c4)c3)CC2)C(C)(C)C)cc1. The number of likely N-dealkylation sites (tertiary alicyclic amines) is 1. The maximum Gasteiger partial charge on any atom is 0.417 e. The van der Waals surface area contributed by atoms with E-state index in [4.69, 9.17) is 0 Å². The van der Waals surface area contributed by atoms with Gasteiger partial charge in [-0.15, -0.1) is 11.3 Å². The highest BCUT2D eigenvalue weighted by Crippen LogP contribution is 2.36. The molecular formula is C64H83F3N10O7S. The molecule has 3 saturated heterocycles. The number of aliphatic hydroxyl groups excluding tert-OH is 1. The average Bonchev–Trinajstić information content (AvgIpc) is 4.33. The minimum Gasteiger partial charge on any atom is -0.391 e. The van der Waals surface area contributed by atoms with Gasteiger partial charge in [0.05, 0.1) is 50.7 Å². The number of aromatic nitrogens is 2. The van der Waals surface area contributed by atoms with E-state index < -0.39 is 52.4 Å². The molecule has 8 rings (SSSR count). The Balaban J connectivity index is 0.702. The molecule has 2 aromatic heterocycles. The lowest BCUT2D eigenvalue weighted by Crippen LogP contribution is -2.56. The first-order chi connectivity index (χ1) is 40.6. The number of pyridine rings is 1. The van der Waals surface area contributed by atoms with E-state index >= 15 is 0 Å². The molecule has 5 heterocycles. The molecule has 0 bridgehead atoms. The monoisotopic (exact) mass is 1190 g/mol. The second-order valence-corrected chi connectivity index (χ2v) is 24.9. The van der Waals surface area contributed by atoms with Crippen LogP contribution in [0, 0.1) is 12.3 Å². The molecule has 0 radical (unpaired) electrons. The number of benzene rings is 3. The number of likely N-dealkylation sites (N-methyl/N-ethyl adjacent to an activating group) is 1. The van der Waals surface area contributed by atoms with Crippen LogP contribution >= 0.6 is 11.3 Å². The summed E-state index contributed by atoms with van der Waals surface area (Å²) in [6.07, 6.45) is 1.78. The number of nitrogens with zero attached hydrogens (tertiary/aromatic N) is 6. The van der Waals surface area contributed by atoms with E-state index in [9.17, 15) is 47.0 Å². The zero-order chi connectivity index (χ0) is 60.8. The summed E-state index contributed by atoms with van der Waals surface area (Å²) < 4.78 is 41.9. The number of β-amino-alcohol motifs (C(OH)–C–C–N with tert-alkyl or cyclic N) is 1. The van der Waals surface area contributed by atoms with Crippen LogP contribution in [0.3, 0.4) is 0 Å². The minimum atomic E-state index is -4.90. The Labute approximate surface area is 500 Å². The van der Waals surface area contributed by atoms with Crippen LogP contribution < -0.4 is 26.4 Å². The third-order valence-corrected chi connectivity index (χ3v) is 17.5. The molecule has 3 atom stereocenters. The first-order valence-corrected chi connectivity index (χ1v) is 30.8. The molecule has 458 valence electrons. The van der Waals surface area contributed by atoms with Gasteiger partial charge in [-0.05, 0) is 84.7 Å². The molecule has 3 aromatic carbocycles. The number of amides is 4.